The van der Waals surface area contributed by atoms with Gasteiger partial charge in [0, 0.05) is 28.6 Å². The van der Waals surface area contributed by atoms with Crippen LogP contribution < -0.4 is 11.1 Å². The van der Waals surface area contributed by atoms with E-state index < -0.39 is 5.54 Å². The highest BCUT2D eigenvalue weighted by molar-refractivity contribution is 7.99. The summed E-state index contributed by atoms with van der Waals surface area (Å²) in [4.78, 5) is 14.5. The van der Waals surface area contributed by atoms with Gasteiger partial charge in [0.2, 0.25) is 5.91 Å². The van der Waals surface area contributed by atoms with Gasteiger partial charge >= 0.3 is 0 Å². The van der Waals surface area contributed by atoms with Gasteiger partial charge in [0.1, 0.15) is 5.54 Å². The summed E-state index contributed by atoms with van der Waals surface area (Å²) in [5, 5.41) is 3.27. The topological polar surface area (TPSA) is 64.3 Å². The molecule has 2 heterocycles. The molecule has 0 spiro atoms. The number of amides is 1. The van der Waals surface area contributed by atoms with Crippen molar-refractivity contribution in [1.82, 2.24) is 5.32 Å². The Morgan fingerprint density at radius 3 is 2.96 bits per heavy atom. The van der Waals surface area contributed by atoms with Crippen LogP contribution in [0.3, 0.4) is 0 Å². The molecule has 4 unspecified atom stereocenters. The Balaban J connectivity index is 1.57. The minimum absolute atomic E-state index is 0.00838. The van der Waals surface area contributed by atoms with Gasteiger partial charge in [-0.1, -0.05) is 32.0 Å². The van der Waals surface area contributed by atoms with E-state index in [0.717, 1.165) is 31.6 Å². The predicted molar refractivity (Wildman–Crippen MR) is 95.8 cm³/mol. The molecule has 1 aromatic rings. The number of rotatable bonds is 2. The quantitative estimate of drug-likeness (QED) is 0.864. The van der Waals surface area contributed by atoms with Crippen LogP contribution in [0.15, 0.2) is 29.2 Å². The molecular formula is C19H26N2O2S. The molecule has 2 fully saturated rings. The van der Waals surface area contributed by atoms with Gasteiger partial charge in [-0.05, 0) is 30.9 Å². The first-order valence-corrected chi connectivity index (χ1v) is 9.88. The van der Waals surface area contributed by atoms with E-state index in [1.54, 1.807) is 0 Å². The van der Waals surface area contributed by atoms with Crippen LogP contribution in [0.4, 0.5) is 0 Å². The summed E-state index contributed by atoms with van der Waals surface area (Å²) in [5.74, 6) is 1.15. The molecule has 1 amide bonds. The van der Waals surface area contributed by atoms with E-state index in [2.05, 4.69) is 37.4 Å². The maximum Gasteiger partial charge on any atom is 0.241 e. The Morgan fingerprint density at radius 2 is 2.12 bits per heavy atom. The van der Waals surface area contributed by atoms with Crippen LogP contribution in [-0.2, 0) is 9.53 Å². The number of hydrogen-bond acceptors (Lipinski definition) is 4. The van der Waals surface area contributed by atoms with Crippen LogP contribution in [0.2, 0.25) is 0 Å². The SMILES string of the molecule is CC1(C)C2OCCCC2C1(N)C(=O)NC1CCSc2ccccc21. The molecule has 1 saturated heterocycles. The van der Waals surface area contributed by atoms with Gasteiger partial charge in [-0.3, -0.25) is 4.79 Å². The monoisotopic (exact) mass is 346 g/mol. The van der Waals surface area contributed by atoms with Crippen molar-refractivity contribution < 1.29 is 9.53 Å². The third-order valence-electron chi connectivity index (χ3n) is 6.32. The van der Waals surface area contributed by atoms with Crippen molar-refractivity contribution in [3.05, 3.63) is 29.8 Å². The third-order valence-corrected chi connectivity index (χ3v) is 7.45. The molecule has 3 aliphatic rings. The Labute approximate surface area is 147 Å². The largest absolute Gasteiger partial charge is 0.377 e. The van der Waals surface area contributed by atoms with E-state index in [1.165, 1.54) is 10.5 Å². The third kappa shape index (κ3) is 2.18. The molecule has 3 N–H and O–H groups in total. The number of hydrogen-bond donors (Lipinski definition) is 2. The van der Waals surface area contributed by atoms with E-state index in [0.29, 0.717) is 0 Å². The zero-order valence-electron chi connectivity index (χ0n) is 14.4. The van der Waals surface area contributed by atoms with Crippen molar-refractivity contribution >= 4 is 17.7 Å². The van der Waals surface area contributed by atoms with Crippen LogP contribution in [0.1, 0.15) is 44.7 Å². The molecule has 1 saturated carbocycles. The van der Waals surface area contributed by atoms with Crippen molar-refractivity contribution in [3.8, 4) is 0 Å². The summed E-state index contributed by atoms with van der Waals surface area (Å²) in [6.45, 7) is 4.93. The summed E-state index contributed by atoms with van der Waals surface area (Å²) >= 11 is 1.86. The minimum atomic E-state index is -0.836. The molecular weight excluding hydrogens is 320 g/mol. The number of carbonyl (C=O) groups excluding carboxylic acids is 1. The van der Waals surface area contributed by atoms with Crippen LogP contribution in [0.25, 0.3) is 0 Å². The second kappa shape index (κ2) is 5.75. The Kier molecular flexibility index (Phi) is 3.94. The summed E-state index contributed by atoms with van der Waals surface area (Å²) in [5.41, 5.74) is 6.78. The molecule has 0 radical (unpaired) electrons. The lowest BCUT2D eigenvalue weighted by Crippen LogP contribution is -2.82. The Hall–Kier alpha value is -1.04. The summed E-state index contributed by atoms with van der Waals surface area (Å²) in [6, 6.07) is 8.41. The molecule has 24 heavy (non-hydrogen) atoms. The first-order valence-electron chi connectivity index (χ1n) is 8.89. The Morgan fingerprint density at radius 1 is 1.33 bits per heavy atom. The van der Waals surface area contributed by atoms with Crippen LogP contribution in [0, 0.1) is 11.3 Å². The molecule has 130 valence electrons. The van der Waals surface area contributed by atoms with Crippen molar-refractivity contribution in [2.45, 2.75) is 55.7 Å². The first-order chi connectivity index (χ1) is 11.5. The normalized spacial score (nSPS) is 36.9. The van der Waals surface area contributed by atoms with Crippen LogP contribution in [0.5, 0.6) is 0 Å². The molecule has 0 bridgehead atoms. The maximum absolute atomic E-state index is 13.2. The highest BCUT2D eigenvalue weighted by atomic mass is 32.2. The van der Waals surface area contributed by atoms with Gasteiger partial charge in [0.25, 0.3) is 0 Å². The second-order valence-corrected chi connectivity index (χ2v) is 8.97. The van der Waals surface area contributed by atoms with Crippen molar-refractivity contribution in [3.63, 3.8) is 0 Å². The van der Waals surface area contributed by atoms with Crippen LogP contribution in [-0.4, -0.2) is 29.9 Å². The minimum Gasteiger partial charge on any atom is -0.377 e. The molecule has 4 rings (SSSR count). The zero-order valence-corrected chi connectivity index (χ0v) is 15.2. The van der Waals surface area contributed by atoms with E-state index in [4.69, 9.17) is 10.5 Å². The fourth-order valence-electron chi connectivity index (χ4n) is 4.81. The second-order valence-electron chi connectivity index (χ2n) is 7.83. The molecule has 5 heteroatoms. The number of ether oxygens (including phenoxy) is 1. The Bertz CT molecular complexity index is 663. The number of carbonyl (C=O) groups is 1. The summed E-state index contributed by atoms with van der Waals surface area (Å²) < 4.78 is 5.92. The van der Waals surface area contributed by atoms with E-state index in [-0.39, 0.29) is 29.4 Å². The van der Waals surface area contributed by atoms with Crippen LogP contribution >= 0.6 is 11.8 Å². The van der Waals surface area contributed by atoms with E-state index in [1.807, 2.05) is 17.8 Å². The van der Waals surface area contributed by atoms with Crippen molar-refractivity contribution in [2.75, 3.05) is 12.4 Å². The number of nitrogens with one attached hydrogen (secondary N) is 1. The number of thioether (sulfide) groups is 1. The van der Waals surface area contributed by atoms with Gasteiger partial charge in [-0.25, -0.2) is 0 Å². The molecule has 4 nitrogen and oxygen atoms in total. The number of nitrogens with two attached hydrogens (primary N) is 1. The van der Waals surface area contributed by atoms with Crippen molar-refractivity contribution in [2.24, 2.45) is 17.1 Å². The maximum atomic E-state index is 13.2. The molecule has 1 aliphatic carbocycles. The fourth-order valence-corrected chi connectivity index (χ4v) is 5.93. The van der Waals surface area contributed by atoms with Gasteiger partial charge in [0.15, 0.2) is 0 Å². The number of benzene rings is 1. The van der Waals surface area contributed by atoms with Crippen molar-refractivity contribution in [1.29, 1.82) is 0 Å². The predicted octanol–water partition coefficient (Wildman–Crippen LogP) is 2.87. The highest BCUT2D eigenvalue weighted by Gasteiger charge is 2.70. The fraction of sp³-hybridized carbons (Fsp3) is 0.632. The summed E-state index contributed by atoms with van der Waals surface area (Å²) in [6.07, 6.45) is 3.03. The summed E-state index contributed by atoms with van der Waals surface area (Å²) in [7, 11) is 0. The van der Waals surface area contributed by atoms with Gasteiger partial charge in [-0.2, -0.15) is 0 Å². The lowest BCUT2D eigenvalue weighted by atomic mass is 9.46. The number of fused-ring (bicyclic) bond motifs is 2. The zero-order chi connectivity index (χ0) is 16.9. The van der Waals surface area contributed by atoms with Gasteiger partial charge < -0.3 is 15.8 Å². The lowest BCUT2D eigenvalue weighted by Gasteiger charge is -2.65. The molecule has 0 aromatic heterocycles. The van der Waals surface area contributed by atoms with Gasteiger partial charge in [0.05, 0.1) is 12.1 Å². The average molecular weight is 346 g/mol. The molecule has 1 aromatic carbocycles. The smallest absolute Gasteiger partial charge is 0.241 e. The molecule has 2 aliphatic heterocycles. The highest BCUT2D eigenvalue weighted by Crippen LogP contribution is 2.57. The van der Waals surface area contributed by atoms with Gasteiger partial charge in [-0.15, -0.1) is 11.8 Å². The molecule has 4 atom stereocenters. The van der Waals surface area contributed by atoms with E-state index >= 15 is 0 Å². The standard InChI is InChI=1S/C19H26N2O2S/c1-18(2)16-13(7-5-10-23-16)19(18,20)17(22)21-14-9-11-24-15-8-4-3-6-12(14)15/h3-4,6,8,13-14,16H,5,7,9-11,20H2,1-2H3,(H,21,22). The van der Waals surface area contributed by atoms with E-state index in [9.17, 15) is 4.79 Å². The lowest BCUT2D eigenvalue weighted by molar-refractivity contribution is -0.225. The average Bonchev–Trinajstić information content (AvgIpc) is 2.61. The first kappa shape index (κ1) is 16.4.